The number of ether oxygens (including phenoxy) is 2. The maximum atomic E-state index is 6.15. The van der Waals surface area contributed by atoms with Crippen molar-refractivity contribution in [2.24, 2.45) is 0 Å². The Kier molecular flexibility index (Phi) is 11.8. The molecule has 0 atom stereocenters. The lowest BCUT2D eigenvalue weighted by molar-refractivity contribution is 0.242. The smallest absolute Gasteiger partial charge is 0.119 e. The van der Waals surface area contributed by atoms with Crippen molar-refractivity contribution in [3.05, 3.63) is 230 Å². The van der Waals surface area contributed by atoms with Crippen LogP contribution in [-0.2, 0) is 12.8 Å². The molecule has 0 aliphatic carbocycles. The summed E-state index contributed by atoms with van der Waals surface area (Å²) in [6.45, 7) is 12.7. The second-order valence-corrected chi connectivity index (χ2v) is 20.7. The summed E-state index contributed by atoms with van der Waals surface area (Å²) in [6.07, 6.45) is 2.13. The van der Waals surface area contributed by atoms with Crippen molar-refractivity contribution in [3.63, 3.8) is 0 Å². The van der Waals surface area contributed by atoms with Crippen LogP contribution in [0.2, 0.25) is 0 Å². The van der Waals surface area contributed by atoms with Gasteiger partial charge in [-0.05, 0) is 213 Å². The number of rotatable bonds is 14. The molecule has 0 aliphatic rings. The largest absolute Gasteiger partial charge is 0.491 e. The van der Waals surface area contributed by atoms with Gasteiger partial charge in [0.05, 0.1) is 23.6 Å². The second-order valence-electron chi connectivity index (χ2n) is 20.7. The molecule has 0 radical (unpaired) electrons. The average Bonchev–Trinajstić information content (AvgIpc) is 4.18. The van der Waals surface area contributed by atoms with Gasteiger partial charge >= 0.3 is 0 Å². The highest BCUT2D eigenvalue weighted by molar-refractivity contribution is 6.47. The van der Waals surface area contributed by atoms with E-state index in [-0.39, 0.29) is 12.2 Å². The van der Waals surface area contributed by atoms with E-state index in [1.165, 1.54) is 98.0 Å². The Morgan fingerprint density at radius 3 is 0.947 bits per heavy atom. The molecule has 370 valence electrons. The maximum absolute atomic E-state index is 6.15. The number of nitrogens with zero attached hydrogens (tertiary/aromatic N) is 2. The summed E-state index contributed by atoms with van der Waals surface area (Å²) in [5, 5.41) is 15.1. The van der Waals surface area contributed by atoms with E-state index in [1.54, 1.807) is 0 Å². The highest BCUT2D eigenvalue weighted by atomic mass is 16.5. The zero-order valence-corrected chi connectivity index (χ0v) is 44.1. The van der Waals surface area contributed by atoms with Crippen LogP contribution in [0.4, 0.5) is 34.1 Å². The summed E-state index contributed by atoms with van der Waals surface area (Å²) < 4.78 is 12.3. The Morgan fingerprint density at radius 1 is 0.303 bits per heavy atom. The molecule has 0 unspecified atom stereocenters. The van der Waals surface area contributed by atoms with Crippen LogP contribution in [0.1, 0.15) is 52.7 Å². The Labute approximate surface area is 445 Å². The fourth-order valence-corrected chi connectivity index (χ4v) is 12.1. The standard InChI is InChI=1S/C72H60N2O2/c1-7-47-25-29-51(30-26-47)73(53-33-37-55(38-34-53)75-45(3)4)63-43-41-61-67-57(63)21-15-23-59(67)69-65(49-17-11-9-12-18-49)70-60-24-16-22-58-64(44-42-62(68(58)60)72(70)66(71(61)69)50-19-13-10-14-20-50)74(52-31-27-48(8-2)28-32-52)54-35-39-56(40-36-54)76-46(5)6/h9-46H,7-8H2,1-6H3. The number of aryl methyl sites for hydroxylation is 2. The zero-order valence-electron chi connectivity index (χ0n) is 44.1. The van der Waals surface area contributed by atoms with Crippen LogP contribution in [0.25, 0.3) is 86.9 Å². The fraction of sp³-hybridized carbons (Fsp3) is 0.139. The van der Waals surface area contributed by atoms with Crippen molar-refractivity contribution < 1.29 is 9.47 Å². The molecule has 13 aromatic rings. The predicted octanol–water partition coefficient (Wildman–Crippen LogP) is 20.5. The molecule has 13 rings (SSSR count). The quantitative estimate of drug-likeness (QED) is 0.108. The van der Waals surface area contributed by atoms with Crippen LogP contribution in [0.15, 0.2) is 218 Å². The van der Waals surface area contributed by atoms with E-state index >= 15 is 0 Å². The molecule has 13 aromatic carbocycles. The van der Waals surface area contributed by atoms with Gasteiger partial charge in [-0.3, -0.25) is 0 Å². The molecular formula is C72H60N2O2. The molecule has 0 saturated carbocycles. The molecule has 0 amide bonds. The van der Waals surface area contributed by atoms with Crippen LogP contribution in [0.5, 0.6) is 11.5 Å². The first-order chi connectivity index (χ1) is 37.3. The lowest BCUT2D eigenvalue weighted by Gasteiger charge is -2.27. The molecule has 0 bridgehead atoms. The monoisotopic (exact) mass is 984 g/mol. The second kappa shape index (κ2) is 19.1. The summed E-state index contributed by atoms with van der Waals surface area (Å²) in [5.41, 5.74) is 14.2. The maximum Gasteiger partial charge on any atom is 0.119 e. The normalized spacial score (nSPS) is 11.9. The highest BCUT2D eigenvalue weighted by Crippen LogP contribution is 2.57. The lowest BCUT2D eigenvalue weighted by atomic mass is 9.87. The van der Waals surface area contributed by atoms with Crippen molar-refractivity contribution >= 4 is 98.8 Å². The van der Waals surface area contributed by atoms with Crippen molar-refractivity contribution in [2.75, 3.05) is 9.80 Å². The van der Waals surface area contributed by atoms with E-state index in [9.17, 15) is 0 Å². The summed E-state index contributed by atoms with van der Waals surface area (Å²) in [6, 6.07) is 81.0. The topological polar surface area (TPSA) is 24.9 Å². The van der Waals surface area contributed by atoms with Crippen LogP contribution >= 0.6 is 0 Å². The van der Waals surface area contributed by atoms with Crippen molar-refractivity contribution in [1.29, 1.82) is 0 Å². The van der Waals surface area contributed by atoms with E-state index in [4.69, 9.17) is 9.47 Å². The molecule has 0 aliphatic heterocycles. The van der Waals surface area contributed by atoms with Gasteiger partial charge in [-0.15, -0.1) is 0 Å². The van der Waals surface area contributed by atoms with E-state index in [2.05, 4.69) is 270 Å². The third-order valence-electron chi connectivity index (χ3n) is 15.4. The van der Waals surface area contributed by atoms with Crippen LogP contribution in [-0.4, -0.2) is 12.2 Å². The highest BCUT2D eigenvalue weighted by Gasteiger charge is 2.30. The Hall–Kier alpha value is -8.86. The number of hydrogen-bond donors (Lipinski definition) is 0. The SMILES string of the molecule is CCc1ccc(N(c2ccc(OC(C)C)cc2)c2ccc3c4c(-c5ccccc5)c5c6ccc(N(c7ccc(CC)cc7)c7ccc(OC(C)C)cc7)c7cccc(c5c(-c5ccccc5)c4c4cccc2c43)c76)cc1. The van der Waals surface area contributed by atoms with Crippen LogP contribution in [0, 0.1) is 0 Å². The van der Waals surface area contributed by atoms with E-state index in [0.29, 0.717) is 0 Å². The van der Waals surface area contributed by atoms with Gasteiger partial charge in [0.15, 0.2) is 0 Å². The molecule has 4 heteroatoms. The van der Waals surface area contributed by atoms with Crippen LogP contribution < -0.4 is 19.3 Å². The summed E-state index contributed by atoms with van der Waals surface area (Å²) >= 11 is 0. The van der Waals surface area contributed by atoms with Gasteiger partial charge in [0.2, 0.25) is 0 Å². The van der Waals surface area contributed by atoms with Crippen molar-refractivity contribution in [3.8, 4) is 33.8 Å². The van der Waals surface area contributed by atoms with E-state index < -0.39 is 0 Å². The van der Waals surface area contributed by atoms with Gasteiger partial charge in [0.1, 0.15) is 11.5 Å². The molecule has 0 saturated heterocycles. The van der Waals surface area contributed by atoms with E-state index in [0.717, 1.165) is 58.5 Å². The summed E-state index contributed by atoms with van der Waals surface area (Å²) in [7, 11) is 0. The number of hydrogen-bond acceptors (Lipinski definition) is 4. The minimum Gasteiger partial charge on any atom is -0.491 e. The molecule has 0 N–H and O–H groups in total. The minimum absolute atomic E-state index is 0.0850. The Bertz CT molecular complexity index is 3870. The third-order valence-corrected chi connectivity index (χ3v) is 15.4. The van der Waals surface area contributed by atoms with Crippen molar-refractivity contribution in [1.82, 2.24) is 0 Å². The summed E-state index contributed by atoms with van der Waals surface area (Å²) in [5.74, 6) is 1.72. The first kappa shape index (κ1) is 46.9. The number of benzene rings is 11. The molecular weight excluding hydrogens is 925 g/mol. The minimum atomic E-state index is 0.0850. The third kappa shape index (κ3) is 7.82. The van der Waals surface area contributed by atoms with E-state index in [1.807, 2.05) is 0 Å². The Balaban J connectivity index is 1.13. The van der Waals surface area contributed by atoms with Crippen molar-refractivity contribution in [2.45, 2.75) is 66.6 Å². The van der Waals surface area contributed by atoms with Crippen LogP contribution in [0.3, 0.4) is 0 Å². The first-order valence-corrected chi connectivity index (χ1v) is 27.1. The number of fused-ring (bicyclic) bond motifs is 6. The van der Waals surface area contributed by atoms with Gasteiger partial charge < -0.3 is 19.3 Å². The molecule has 0 aromatic heterocycles. The van der Waals surface area contributed by atoms with Gasteiger partial charge in [-0.1, -0.05) is 147 Å². The number of anilines is 6. The van der Waals surface area contributed by atoms with Gasteiger partial charge in [0.25, 0.3) is 0 Å². The average molecular weight is 985 g/mol. The molecule has 0 heterocycles. The molecule has 76 heavy (non-hydrogen) atoms. The molecule has 0 fully saturated rings. The Morgan fingerprint density at radius 2 is 0.618 bits per heavy atom. The molecule has 4 nitrogen and oxygen atoms in total. The lowest BCUT2D eigenvalue weighted by Crippen LogP contribution is -2.11. The zero-order chi connectivity index (χ0) is 51.6. The summed E-state index contributed by atoms with van der Waals surface area (Å²) in [4.78, 5) is 4.84. The molecule has 0 spiro atoms. The van der Waals surface area contributed by atoms with Gasteiger partial charge in [0, 0.05) is 33.5 Å². The predicted molar refractivity (Wildman–Crippen MR) is 324 cm³/mol. The fourth-order valence-electron chi connectivity index (χ4n) is 12.1. The first-order valence-electron chi connectivity index (χ1n) is 27.1. The van der Waals surface area contributed by atoms with Gasteiger partial charge in [-0.2, -0.15) is 0 Å². The van der Waals surface area contributed by atoms with Gasteiger partial charge in [-0.25, -0.2) is 0 Å².